The summed E-state index contributed by atoms with van der Waals surface area (Å²) >= 11 is 0. The number of ether oxygens (including phenoxy) is 5. The molecule has 2 fully saturated rings. The van der Waals surface area contributed by atoms with Gasteiger partial charge in [0.2, 0.25) is 0 Å². The summed E-state index contributed by atoms with van der Waals surface area (Å²) < 4.78 is 30.2. The molecule has 0 amide bonds. The highest BCUT2D eigenvalue weighted by Crippen LogP contribution is 2.32. The zero-order chi connectivity index (χ0) is 19.4. The largest absolute Gasteiger partial charge is 0.370 e. The van der Waals surface area contributed by atoms with Gasteiger partial charge in [-0.05, 0) is 25.0 Å². The molecule has 150 valence electrons. The van der Waals surface area contributed by atoms with Gasteiger partial charge in [0.1, 0.15) is 24.4 Å². The van der Waals surface area contributed by atoms with Crippen LogP contribution in [0, 0.1) is 0 Å². The van der Waals surface area contributed by atoms with Gasteiger partial charge in [0.25, 0.3) is 0 Å². The summed E-state index contributed by atoms with van der Waals surface area (Å²) in [7, 11) is 0. The van der Waals surface area contributed by atoms with E-state index in [4.69, 9.17) is 23.7 Å². The van der Waals surface area contributed by atoms with E-state index < -0.39 is 5.79 Å². The predicted octanol–water partition coefficient (Wildman–Crippen LogP) is 3.71. The summed E-state index contributed by atoms with van der Waals surface area (Å²) in [5.41, 5.74) is 2.24. The maximum absolute atomic E-state index is 6.35. The van der Waals surface area contributed by atoms with Crippen molar-refractivity contribution < 1.29 is 23.7 Å². The van der Waals surface area contributed by atoms with E-state index in [0.29, 0.717) is 26.4 Å². The van der Waals surface area contributed by atoms with E-state index in [1.54, 1.807) is 0 Å². The fourth-order valence-electron chi connectivity index (χ4n) is 3.48. The number of benzene rings is 2. The Balaban J connectivity index is 1.48. The van der Waals surface area contributed by atoms with E-state index in [1.165, 1.54) is 0 Å². The van der Waals surface area contributed by atoms with Gasteiger partial charge in [0.05, 0.1) is 26.4 Å². The zero-order valence-corrected chi connectivity index (χ0v) is 16.5. The highest BCUT2D eigenvalue weighted by atomic mass is 16.8. The van der Waals surface area contributed by atoms with Crippen LogP contribution in [-0.2, 0) is 36.9 Å². The minimum atomic E-state index is -0.618. The van der Waals surface area contributed by atoms with Gasteiger partial charge in [-0.15, -0.1) is 0 Å². The zero-order valence-electron chi connectivity index (χ0n) is 16.5. The molecule has 0 unspecified atom stereocenters. The Morgan fingerprint density at radius 1 is 0.821 bits per heavy atom. The van der Waals surface area contributed by atoms with Crippen molar-refractivity contribution >= 4 is 0 Å². The molecule has 2 saturated heterocycles. The van der Waals surface area contributed by atoms with Crippen molar-refractivity contribution in [1.82, 2.24) is 0 Å². The van der Waals surface area contributed by atoms with Crippen LogP contribution in [-0.4, -0.2) is 43.4 Å². The van der Waals surface area contributed by atoms with Crippen LogP contribution in [0.25, 0.3) is 0 Å². The van der Waals surface area contributed by atoms with Gasteiger partial charge in [0.15, 0.2) is 5.79 Å². The number of rotatable bonds is 9. The Morgan fingerprint density at radius 3 is 1.75 bits per heavy atom. The molecule has 28 heavy (non-hydrogen) atoms. The summed E-state index contributed by atoms with van der Waals surface area (Å²) in [6.07, 6.45) is -0.676. The molecule has 0 saturated carbocycles. The van der Waals surface area contributed by atoms with Crippen molar-refractivity contribution in [1.29, 1.82) is 0 Å². The molecule has 2 heterocycles. The van der Waals surface area contributed by atoms with E-state index >= 15 is 0 Å². The van der Waals surface area contributed by atoms with Crippen LogP contribution in [0.5, 0.6) is 0 Å². The Hall–Kier alpha value is -1.76. The molecule has 0 spiro atoms. The first-order valence-corrected chi connectivity index (χ1v) is 9.85. The fourth-order valence-corrected chi connectivity index (χ4v) is 3.48. The van der Waals surface area contributed by atoms with E-state index in [-0.39, 0.29) is 24.4 Å². The summed E-state index contributed by atoms with van der Waals surface area (Å²) in [4.78, 5) is 0. The summed E-state index contributed by atoms with van der Waals surface area (Å²) in [5.74, 6) is -0.618. The first kappa shape index (κ1) is 19.6. The molecule has 5 heteroatoms. The van der Waals surface area contributed by atoms with E-state index in [2.05, 4.69) is 24.3 Å². The molecule has 0 aliphatic carbocycles. The van der Waals surface area contributed by atoms with Gasteiger partial charge in [-0.2, -0.15) is 0 Å². The SMILES string of the molecule is CC1(C)OC[C@H]([C@@H](OCc2ccccc2)[C@H](OCc2ccccc2)[C@@H]2CO2)O1. The highest BCUT2D eigenvalue weighted by molar-refractivity contribution is 5.14. The van der Waals surface area contributed by atoms with Crippen molar-refractivity contribution in [3.8, 4) is 0 Å². The second-order valence-corrected chi connectivity index (χ2v) is 7.76. The van der Waals surface area contributed by atoms with Crippen LogP contribution in [0.4, 0.5) is 0 Å². The van der Waals surface area contributed by atoms with Gasteiger partial charge in [-0.25, -0.2) is 0 Å². The average molecular weight is 384 g/mol. The maximum atomic E-state index is 6.35. The third kappa shape index (κ3) is 5.19. The van der Waals surface area contributed by atoms with E-state index in [0.717, 1.165) is 11.1 Å². The third-order valence-electron chi connectivity index (χ3n) is 5.02. The van der Waals surface area contributed by atoms with Crippen LogP contribution in [0.3, 0.4) is 0 Å². The molecular formula is C23H28O5. The second kappa shape index (κ2) is 8.72. The van der Waals surface area contributed by atoms with Crippen LogP contribution in [0.15, 0.2) is 60.7 Å². The molecule has 4 rings (SSSR count). The Bertz CT molecular complexity index is 729. The minimum Gasteiger partial charge on any atom is -0.370 e. The van der Waals surface area contributed by atoms with Crippen LogP contribution in [0.2, 0.25) is 0 Å². The molecule has 2 aromatic rings. The maximum Gasteiger partial charge on any atom is 0.163 e. The topological polar surface area (TPSA) is 49.5 Å². The molecule has 0 N–H and O–H groups in total. The highest BCUT2D eigenvalue weighted by Gasteiger charge is 2.47. The summed E-state index contributed by atoms with van der Waals surface area (Å²) in [6, 6.07) is 20.3. The predicted molar refractivity (Wildman–Crippen MR) is 105 cm³/mol. The Morgan fingerprint density at radius 2 is 1.32 bits per heavy atom. The van der Waals surface area contributed by atoms with Gasteiger partial charge < -0.3 is 23.7 Å². The molecule has 5 nitrogen and oxygen atoms in total. The smallest absolute Gasteiger partial charge is 0.163 e. The molecule has 0 aromatic heterocycles. The number of hydrogen-bond acceptors (Lipinski definition) is 5. The molecule has 2 aliphatic rings. The lowest BCUT2D eigenvalue weighted by atomic mass is 10.0. The lowest BCUT2D eigenvalue weighted by molar-refractivity contribution is -0.182. The van der Waals surface area contributed by atoms with E-state index in [9.17, 15) is 0 Å². The molecule has 0 bridgehead atoms. The van der Waals surface area contributed by atoms with Crippen LogP contribution >= 0.6 is 0 Å². The quantitative estimate of drug-likeness (QED) is 0.617. The van der Waals surface area contributed by atoms with Gasteiger partial charge in [-0.3, -0.25) is 0 Å². The second-order valence-electron chi connectivity index (χ2n) is 7.76. The molecular weight excluding hydrogens is 356 g/mol. The molecule has 0 radical (unpaired) electrons. The Labute approximate surface area is 166 Å². The van der Waals surface area contributed by atoms with Gasteiger partial charge in [0, 0.05) is 0 Å². The van der Waals surface area contributed by atoms with Crippen molar-refractivity contribution in [2.45, 2.75) is 57.3 Å². The standard InChI is InChI=1S/C23H28O5/c1-23(2)27-16-20(28-23)22(26-14-18-11-7-4-8-12-18)21(19-15-24-19)25-13-17-9-5-3-6-10-17/h3-12,19-22H,13-16H2,1-2H3/t19-,20+,21+,22+/m0/s1. The minimum absolute atomic E-state index is 0.0248. The van der Waals surface area contributed by atoms with Crippen molar-refractivity contribution in [3.63, 3.8) is 0 Å². The Kier molecular flexibility index (Phi) is 6.09. The monoisotopic (exact) mass is 384 g/mol. The van der Waals surface area contributed by atoms with Crippen molar-refractivity contribution in [3.05, 3.63) is 71.8 Å². The van der Waals surface area contributed by atoms with Crippen LogP contribution < -0.4 is 0 Å². The van der Waals surface area contributed by atoms with Crippen molar-refractivity contribution in [2.24, 2.45) is 0 Å². The first-order valence-electron chi connectivity index (χ1n) is 9.85. The molecule has 2 aromatic carbocycles. The van der Waals surface area contributed by atoms with Gasteiger partial charge >= 0.3 is 0 Å². The molecule has 4 atom stereocenters. The summed E-state index contributed by atoms with van der Waals surface area (Å²) in [6.45, 7) is 6.01. The van der Waals surface area contributed by atoms with Gasteiger partial charge in [-0.1, -0.05) is 60.7 Å². The third-order valence-corrected chi connectivity index (χ3v) is 5.02. The van der Waals surface area contributed by atoms with Crippen LogP contribution in [0.1, 0.15) is 25.0 Å². The fraction of sp³-hybridized carbons (Fsp3) is 0.478. The summed E-state index contributed by atoms with van der Waals surface area (Å²) in [5, 5.41) is 0. The van der Waals surface area contributed by atoms with Crippen molar-refractivity contribution in [2.75, 3.05) is 13.2 Å². The molecule has 2 aliphatic heterocycles. The first-order chi connectivity index (χ1) is 13.6. The van der Waals surface area contributed by atoms with E-state index in [1.807, 2.05) is 50.2 Å². The number of epoxide rings is 1. The lowest BCUT2D eigenvalue weighted by Gasteiger charge is -2.31. The lowest BCUT2D eigenvalue weighted by Crippen LogP contribution is -2.46. The normalized spacial score (nSPS) is 25.4. The number of hydrogen-bond donors (Lipinski definition) is 0. The average Bonchev–Trinajstić information content (AvgIpc) is 3.48.